The van der Waals surface area contributed by atoms with Gasteiger partial charge in [0, 0.05) is 6.04 Å². The van der Waals surface area contributed by atoms with Crippen molar-refractivity contribution in [2.45, 2.75) is 134 Å². The summed E-state index contributed by atoms with van der Waals surface area (Å²) in [4.78, 5) is 0. The van der Waals surface area contributed by atoms with Gasteiger partial charge >= 0.3 is 0 Å². The molecule has 3 rings (SSSR count). The lowest BCUT2D eigenvalue weighted by Crippen LogP contribution is -2.47. The zero-order chi connectivity index (χ0) is 29.4. The second-order valence-electron chi connectivity index (χ2n) is 13.9. The first-order chi connectivity index (χ1) is 18.2. The van der Waals surface area contributed by atoms with E-state index in [9.17, 15) is 0 Å². The predicted molar refractivity (Wildman–Crippen MR) is 174 cm³/mol. The van der Waals surface area contributed by atoms with E-state index >= 15 is 0 Å². The Morgan fingerprint density at radius 1 is 1.05 bits per heavy atom. The van der Waals surface area contributed by atoms with Crippen molar-refractivity contribution < 1.29 is 0 Å². The Bertz CT molecular complexity index is 1180. The van der Waals surface area contributed by atoms with Crippen molar-refractivity contribution in [1.29, 1.82) is 0 Å². The normalized spacial score (nSPS) is 30.1. The third kappa shape index (κ3) is 5.55. The van der Waals surface area contributed by atoms with Crippen molar-refractivity contribution in [3.05, 3.63) is 80.0 Å². The zero-order valence-corrected chi connectivity index (χ0v) is 27.6. The molecule has 3 aliphatic carbocycles. The maximum atomic E-state index is 6.51. The lowest BCUT2D eigenvalue weighted by atomic mass is 9.47. The molecule has 5 atom stereocenters. The fourth-order valence-corrected chi connectivity index (χ4v) is 9.10. The van der Waals surface area contributed by atoms with E-state index in [1.807, 2.05) is 0 Å². The molecule has 0 aromatic carbocycles. The second-order valence-corrected chi connectivity index (χ2v) is 13.9. The Balaban J connectivity index is 2.26. The molecule has 3 aliphatic rings. The molecular weight excluding hydrogens is 470 g/mol. The van der Waals surface area contributed by atoms with E-state index in [0.29, 0.717) is 11.8 Å². The van der Waals surface area contributed by atoms with Gasteiger partial charge in [0.25, 0.3) is 0 Å². The smallest absolute Gasteiger partial charge is 0.0227 e. The van der Waals surface area contributed by atoms with Gasteiger partial charge in [0.05, 0.1) is 0 Å². The first-order valence-corrected chi connectivity index (χ1v) is 15.8. The molecule has 1 heteroatoms. The van der Waals surface area contributed by atoms with E-state index in [-0.39, 0.29) is 16.9 Å². The molecule has 0 saturated heterocycles. The molecule has 39 heavy (non-hydrogen) atoms. The molecule has 1 fully saturated rings. The molecule has 1 nitrogen and oxygen atoms in total. The maximum Gasteiger partial charge on any atom is 0.0227 e. The molecule has 0 aliphatic heterocycles. The minimum atomic E-state index is 0.0912. The van der Waals surface area contributed by atoms with E-state index in [1.54, 1.807) is 27.9 Å². The van der Waals surface area contributed by atoms with Crippen LogP contribution >= 0.6 is 0 Å². The van der Waals surface area contributed by atoms with Gasteiger partial charge in [0.2, 0.25) is 0 Å². The van der Waals surface area contributed by atoms with Gasteiger partial charge in [-0.3, -0.25) is 0 Å². The number of hydrogen-bond donors (Lipinski definition) is 1. The van der Waals surface area contributed by atoms with Crippen molar-refractivity contribution in [3.8, 4) is 0 Å². The molecule has 0 radical (unpaired) electrons. The van der Waals surface area contributed by atoms with Crippen LogP contribution in [0, 0.1) is 22.7 Å². The first-order valence-electron chi connectivity index (χ1n) is 15.8. The molecule has 1 saturated carbocycles. The van der Waals surface area contributed by atoms with Crippen molar-refractivity contribution in [2.75, 3.05) is 0 Å². The third-order valence-corrected chi connectivity index (χ3v) is 11.0. The minimum Gasteiger partial charge on any atom is -0.324 e. The van der Waals surface area contributed by atoms with Crippen LogP contribution in [0.4, 0.5) is 0 Å². The molecule has 0 amide bonds. The number of hydrogen-bond acceptors (Lipinski definition) is 1. The number of fused-ring (bicyclic) bond motifs is 2. The van der Waals surface area contributed by atoms with Crippen molar-refractivity contribution >= 4 is 0 Å². The molecule has 0 bridgehead atoms. The summed E-state index contributed by atoms with van der Waals surface area (Å²) in [5.41, 5.74) is 23.3. The Hall–Kier alpha value is -1.86. The molecule has 0 aromatic heterocycles. The zero-order valence-electron chi connectivity index (χ0n) is 27.6. The van der Waals surface area contributed by atoms with Crippen LogP contribution in [0.5, 0.6) is 0 Å². The lowest BCUT2D eigenvalue weighted by Gasteiger charge is -2.57. The summed E-state index contributed by atoms with van der Waals surface area (Å²) < 4.78 is 0. The van der Waals surface area contributed by atoms with E-state index < -0.39 is 0 Å². The third-order valence-electron chi connectivity index (χ3n) is 11.0. The topological polar surface area (TPSA) is 26.0 Å². The van der Waals surface area contributed by atoms with Crippen LogP contribution in [0.25, 0.3) is 0 Å². The Kier molecular flexibility index (Phi) is 9.69. The van der Waals surface area contributed by atoms with Crippen LogP contribution in [-0.4, -0.2) is 6.04 Å². The molecule has 0 heterocycles. The number of allylic oxidation sites excluding steroid dienone is 12. The minimum absolute atomic E-state index is 0.0912. The number of rotatable bonds is 8. The Morgan fingerprint density at radius 3 is 2.21 bits per heavy atom. The SMILES string of the molecule is C=C1C2=C(C)CCC(/C(=C/C=C(C)C)CC)=C2CC2(C)CC(C)(C(CC)/C(C)=C(\CC)C(C)N)C(C)C(C)=C12. The highest BCUT2D eigenvalue weighted by atomic mass is 14.6. The maximum absolute atomic E-state index is 6.51. The molecule has 2 N–H and O–H groups in total. The van der Waals surface area contributed by atoms with Gasteiger partial charge in [-0.05, 0) is 143 Å². The van der Waals surface area contributed by atoms with Gasteiger partial charge in [-0.25, -0.2) is 0 Å². The Labute approximate surface area is 242 Å². The van der Waals surface area contributed by atoms with Gasteiger partial charge in [0.1, 0.15) is 0 Å². The monoisotopic (exact) mass is 529 g/mol. The lowest BCUT2D eigenvalue weighted by molar-refractivity contribution is 0.0590. The first kappa shape index (κ1) is 31.7. The Morgan fingerprint density at radius 2 is 1.69 bits per heavy atom. The summed E-state index contributed by atoms with van der Waals surface area (Å²) in [6, 6.07) is 0.120. The molecule has 0 spiro atoms. The fourth-order valence-electron chi connectivity index (χ4n) is 9.10. The standard InChI is InChI=1S/C38H59N/c1-14-30(19-17-23(4)5)32-20-18-24(6)35-27(9)36-25(7)28(10)38(13,22-37(36,12)21-33(32)35)34(16-3)26(8)31(15-2)29(11)39/h17,19,28-29,34H,9,14-16,18,20-22,39H2,1-8,10-13H3/b30-19+,31-26+. The highest BCUT2D eigenvalue weighted by Crippen LogP contribution is 2.65. The summed E-state index contributed by atoms with van der Waals surface area (Å²) in [7, 11) is 0. The fraction of sp³-hybridized carbons (Fsp3) is 0.632. The van der Waals surface area contributed by atoms with E-state index in [0.717, 1.165) is 38.5 Å². The van der Waals surface area contributed by atoms with Gasteiger partial charge in [-0.15, -0.1) is 0 Å². The molecule has 216 valence electrons. The predicted octanol–water partition coefficient (Wildman–Crippen LogP) is 11.1. The van der Waals surface area contributed by atoms with Gasteiger partial charge in [-0.1, -0.05) is 88.1 Å². The van der Waals surface area contributed by atoms with Gasteiger partial charge in [-0.2, -0.15) is 0 Å². The van der Waals surface area contributed by atoms with Gasteiger partial charge < -0.3 is 5.73 Å². The van der Waals surface area contributed by atoms with Crippen LogP contribution in [-0.2, 0) is 0 Å². The van der Waals surface area contributed by atoms with Crippen LogP contribution in [0.2, 0.25) is 0 Å². The van der Waals surface area contributed by atoms with Crippen LogP contribution < -0.4 is 5.73 Å². The summed E-state index contributed by atoms with van der Waals surface area (Å²) >= 11 is 0. The average Bonchev–Trinajstić information content (AvgIpc) is 2.84. The molecular formula is C38H59N. The van der Waals surface area contributed by atoms with Gasteiger partial charge in [0.15, 0.2) is 0 Å². The summed E-state index contributed by atoms with van der Waals surface area (Å²) in [6.45, 7) is 33.2. The van der Waals surface area contributed by atoms with Crippen LogP contribution in [0.3, 0.4) is 0 Å². The molecule has 0 aromatic rings. The quantitative estimate of drug-likeness (QED) is 0.245. The van der Waals surface area contributed by atoms with Crippen molar-refractivity contribution in [3.63, 3.8) is 0 Å². The van der Waals surface area contributed by atoms with E-state index in [2.05, 4.69) is 95.2 Å². The second kappa shape index (κ2) is 11.9. The van der Waals surface area contributed by atoms with Crippen molar-refractivity contribution in [1.82, 2.24) is 0 Å². The summed E-state index contributed by atoms with van der Waals surface area (Å²) in [6.07, 6.45) is 12.6. The highest BCUT2D eigenvalue weighted by Gasteiger charge is 2.53. The van der Waals surface area contributed by atoms with Crippen LogP contribution in [0.1, 0.15) is 128 Å². The average molecular weight is 530 g/mol. The summed E-state index contributed by atoms with van der Waals surface area (Å²) in [5, 5.41) is 0. The molecule has 5 unspecified atom stereocenters. The van der Waals surface area contributed by atoms with E-state index in [4.69, 9.17) is 12.3 Å². The number of nitrogens with two attached hydrogens (primary N) is 1. The van der Waals surface area contributed by atoms with Crippen molar-refractivity contribution in [2.24, 2.45) is 28.4 Å². The van der Waals surface area contributed by atoms with E-state index in [1.165, 1.54) is 39.9 Å². The van der Waals surface area contributed by atoms with Crippen LogP contribution in [0.15, 0.2) is 80.0 Å². The highest BCUT2D eigenvalue weighted by molar-refractivity contribution is 5.68. The largest absolute Gasteiger partial charge is 0.324 e. The summed E-state index contributed by atoms with van der Waals surface area (Å²) in [5.74, 6) is 1.03.